The van der Waals surface area contributed by atoms with E-state index in [1.807, 2.05) is 48.2 Å². The summed E-state index contributed by atoms with van der Waals surface area (Å²) in [5.74, 6) is -0.0298. The minimum Gasteiger partial charge on any atom is -0.352 e. The van der Waals surface area contributed by atoms with E-state index in [2.05, 4.69) is 10.2 Å². The Morgan fingerprint density at radius 2 is 1.55 bits per heavy atom. The highest BCUT2D eigenvalue weighted by Crippen LogP contribution is 2.24. The maximum Gasteiger partial charge on any atom is 0.246 e. The number of hydrogen-bond donors (Lipinski definition) is 0. The van der Waals surface area contributed by atoms with E-state index in [0.29, 0.717) is 18.9 Å². The zero-order valence-corrected chi connectivity index (χ0v) is 16.8. The molecule has 0 aliphatic carbocycles. The minimum atomic E-state index is -3.85. The average molecular weight is 412 g/mol. The topological polar surface area (TPSA) is 66.4 Å². The fourth-order valence-electron chi connectivity index (χ4n) is 3.45. The Balaban J connectivity index is 1.46. The van der Waals surface area contributed by atoms with E-state index in [-0.39, 0.29) is 18.0 Å². The molecular formula is C21H21FN4O2S. The lowest BCUT2D eigenvalue weighted by molar-refractivity contribution is 0.381. The van der Waals surface area contributed by atoms with Crippen molar-refractivity contribution in [3.05, 3.63) is 72.0 Å². The Labute approximate surface area is 169 Å². The number of sulfonamides is 1. The number of hydrogen-bond acceptors (Lipinski definition) is 5. The normalized spacial score (nSPS) is 15.4. The highest BCUT2D eigenvalue weighted by molar-refractivity contribution is 7.89. The van der Waals surface area contributed by atoms with Crippen LogP contribution in [0.25, 0.3) is 11.3 Å². The molecule has 8 heteroatoms. The van der Waals surface area contributed by atoms with Gasteiger partial charge in [0.1, 0.15) is 10.7 Å². The van der Waals surface area contributed by atoms with Crippen molar-refractivity contribution >= 4 is 15.8 Å². The van der Waals surface area contributed by atoms with Crippen molar-refractivity contribution in [2.75, 3.05) is 31.1 Å². The highest BCUT2D eigenvalue weighted by Gasteiger charge is 2.30. The van der Waals surface area contributed by atoms with Crippen LogP contribution in [-0.4, -0.2) is 49.1 Å². The molecule has 0 saturated carbocycles. The van der Waals surface area contributed by atoms with Gasteiger partial charge in [-0.15, -0.1) is 10.2 Å². The van der Waals surface area contributed by atoms with Crippen LogP contribution in [0.3, 0.4) is 0 Å². The molecule has 1 aliphatic heterocycles. The lowest BCUT2D eigenvalue weighted by Gasteiger charge is -2.34. The van der Waals surface area contributed by atoms with Crippen LogP contribution in [-0.2, 0) is 10.0 Å². The number of benzene rings is 2. The van der Waals surface area contributed by atoms with Gasteiger partial charge in [0.2, 0.25) is 10.0 Å². The minimum absolute atomic E-state index is 0.262. The van der Waals surface area contributed by atoms with Crippen LogP contribution < -0.4 is 4.90 Å². The van der Waals surface area contributed by atoms with E-state index in [9.17, 15) is 12.8 Å². The van der Waals surface area contributed by atoms with Crippen LogP contribution in [0.15, 0.2) is 65.6 Å². The lowest BCUT2D eigenvalue weighted by Crippen LogP contribution is -2.49. The van der Waals surface area contributed by atoms with E-state index in [1.54, 1.807) is 0 Å². The summed E-state index contributed by atoms with van der Waals surface area (Å²) in [6.07, 6.45) is 0. The average Bonchev–Trinajstić information content (AvgIpc) is 2.74. The SMILES string of the molecule is Cc1ccccc1-c1ccc(N2CCN(S(=O)(=O)c3ccccc3F)CC2)nn1. The summed E-state index contributed by atoms with van der Waals surface area (Å²) in [6.45, 7) is 3.48. The second-order valence-electron chi connectivity index (χ2n) is 6.91. The molecule has 150 valence electrons. The Bertz CT molecular complexity index is 1110. The smallest absolute Gasteiger partial charge is 0.246 e. The molecule has 0 N–H and O–H groups in total. The van der Waals surface area contributed by atoms with Crippen LogP contribution in [0.4, 0.5) is 10.2 Å². The van der Waals surface area contributed by atoms with Gasteiger partial charge in [0.25, 0.3) is 0 Å². The van der Waals surface area contributed by atoms with Crippen molar-refractivity contribution in [3.63, 3.8) is 0 Å². The maximum absolute atomic E-state index is 14.0. The fraction of sp³-hybridized carbons (Fsp3) is 0.238. The molecule has 3 aromatic rings. The molecule has 0 amide bonds. The van der Waals surface area contributed by atoms with E-state index in [1.165, 1.54) is 22.5 Å². The van der Waals surface area contributed by atoms with Gasteiger partial charge in [-0.25, -0.2) is 12.8 Å². The fourth-order valence-corrected chi connectivity index (χ4v) is 4.94. The lowest BCUT2D eigenvalue weighted by atomic mass is 10.1. The molecule has 0 unspecified atom stereocenters. The first-order valence-corrected chi connectivity index (χ1v) is 10.8. The van der Waals surface area contributed by atoms with Gasteiger partial charge >= 0.3 is 0 Å². The van der Waals surface area contributed by atoms with Crippen molar-refractivity contribution < 1.29 is 12.8 Å². The number of piperazine rings is 1. The molecule has 1 fully saturated rings. The van der Waals surface area contributed by atoms with Crippen molar-refractivity contribution in [3.8, 4) is 11.3 Å². The molecule has 2 heterocycles. The third-order valence-electron chi connectivity index (χ3n) is 5.09. The zero-order valence-electron chi connectivity index (χ0n) is 16.0. The number of halogens is 1. The molecule has 1 saturated heterocycles. The van der Waals surface area contributed by atoms with Crippen molar-refractivity contribution in [2.45, 2.75) is 11.8 Å². The summed E-state index contributed by atoms with van der Waals surface area (Å²) in [6, 6.07) is 17.3. The first-order chi connectivity index (χ1) is 14.0. The number of nitrogens with zero attached hydrogens (tertiary/aromatic N) is 4. The van der Waals surface area contributed by atoms with E-state index in [0.717, 1.165) is 22.9 Å². The first-order valence-electron chi connectivity index (χ1n) is 9.36. The largest absolute Gasteiger partial charge is 0.352 e. The monoisotopic (exact) mass is 412 g/mol. The third kappa shape index (κ3) is 3.86. The van der Waals surface area contributed by atoms with Gasteiger partial charge in [0, 0.05) is 31.7 Å². The van der Waals surface area contributed by atoms with Gasteiger partial charge in [-0.2, -0.15) is 4.31 Å². The van der Waals surface area contributed by atoms with Crippen LogP contribution >= 0.6 is 0 Å². The molecule has 29 heavy (non-hydrogen) atoms. The van der Waals surface area contributed by atoms with Gasteiger partial charge in [-0.05, 0) is 36.8 Å². The number of anilines is 1. The van der Waals surface area contributed by atoms with Crippen molar-refractivity contribution in [1.82, 2.24) is 14.5 Å². The second kappa shape index (κ2) is 7.88. The summed E-state index contributed by atoms with van der Waals surface area (Å²) < 4.78 is 40.7. The standard InChI is InChI=1S/C21H21FN4O2S/c1-16-6-2-3-7-17(16)19-10-11-21(24-23-19)25-12-14-26(15-13-25)29(27,28)20-9-5-4-8-18(20)22/h2-11H,12-15H2,1H3. The molecule has 1 aromatic heterocycles. The summed E-state index contributed by atoms with van der Waals surface area (Å²) in [7, 11) is -3.85. The number of aromatic nitrogens is 2. The van der Waals surface area contributed by atoms with Crippen LogP contribution in [0, 0.1) is 12.7 Å². The molecule has 2 aromatic carbocycles. The predicted octanol–water partition coefficient (Wildman–Crippen LogP) is 3.10. The van der Waals surface area contributed by atoms with Gasteiger partial charge in [-0.1, -0.05) is 36.4 Å². The molecule has 1 aliphatic rings. The van der Waals surface area contributed by atoms with Crippen LogP contribution in [0.1, 0.15) is 5.56 Å². The number of aryl methyl sites for hydroxylation is 1. The van der Waals surface area contributed by atoms with E-state index < -0.39 is 15.8 Å². The van der Waals surface area contributed by atoms with E-state index in [4.69, 9.17) is 0 Å². The van der Waals surface area contributed by atoms with Crippen molar-refractivity contribution in [1.29, 1.82) is 0 Å². The third-order valence-corrected chi connectivity index (χ3v) is 7.02. The molecule has 0 bridgehead atoms. The van der Waals surface area contributed by atoms with Gasteiger partial charge in [-0.3, -0.25) is 0 Å². The Hall–Kier alpha value is -2.84. The molecule has 0 spiro atoms. The predicted molar refractivity (Wildman–Crippen MR) is 110 cm³/mol. The Morgan fingerprint density at radius 1 is 0.862 bits per heavy atom. The molecule has 4 rings (SSSR count). The molecular weight excluding hydrogens is 391 g/mol. The first kappa shape index (κ1) is 19.5. The highest BCUT2D eigenvalue weighted by atomic mass is 32.2. The summed E-state index contributed by atoms with van der Waals surface area (Å²) in [5.41, 5.74) is 2.96. The molecule has 6 nitrogen and oxygen atoms in total. The summed E-state index contributed by atoms with van der Waals surface area (Å²) in [5, 5.41) is 8.67. The van der Waals surface area contributed by atoms with Crippen LogP contribution in [0.5, 0.6) is 0 Å². The Morgan fingerprint density at radius 3 is 2.21 bits per heavy atom. The van der Waals surface area contributed by atoms with Gasteiger partial charge < -0.3 is 4.90 Å². The Kier molecular flexibility index (Phi) is 5.29. The number of rotatable bonds is 4. The van der Waals surface area contributed by atoms with Gasteiger partial charge in [0.05, 0.1) is 5.69 Å². The quantitative estimate of drug-likeness (QED) is 0.659. The second-order valence-corrected chi connectivity index (χ2v) is 8.82. The zero-order chi connectivity index (χ0) is 20.4. The summed E-state index contributed by atoms with van der Waals surface area (Å²) in [4.78, 5) is 1.71. The summed E-state index contributed by atoms with van der Waals surface area (Å²) >= 11 is 0. The maximum atomic E-state index is 14.0. The molecule has 0 radical (unpaired) electrons. The molecule has 0 atom stereocenters. The van der Waals surface area contributed by atoms with E-state index >= 15 is 0 Å². The van der Waals surface area contributed by atoms with Crippen molar-refractivity contribution in [2.24, 2.45) is 0 Å². The van der Waals surface area contributed by atoms with Gasteiger partial charge in [0.15, 0.2) is 5.82 Å². The van der Waals surface area contributed by atoms with Crippen LogP contribution in [0.2, 0.25) is 0 Å².